The second-order valence-electron chi connectivity index (χ2n) is 5.38. The summed E-state index contributed by atoms with van der Waals surface area (Å²) in [6, 6.07) is 11.5. The maximum atomic E-state index is 12.1. The van der Waals surface area contributed by atoms with E-state index in [-0.39, 0.29) is 30.7 Å². The van der Waals surface area contributed by atoms with Crippen LogP contribution >= 0.6 is 36.2 Å². The zero-order valence-electron chi connectivity index (χ0n) is 12.7. The standard InChI is InChI=1S/C16H15N3O2S.2ClH/c20-15(18-9-10-7-17-8-10)12-5-6-13(21-12)16-19-11-3-1-2-4-14(11)22-16;;/h1-6,10,17H,7-9H2,(H,18,20);2*1H. The van der Waals surface area contributed by atoms with Crippen LogP contribution in [0.25, 0.3) is 21.0 Å². The van der Waals surface area contributed by atoms with E-state index in [0.29, 0.717) is 24.0 Å². The molecule has 0 atom stereocenters. The predicted molar refractivity (Wildman–Crippen MR) is 101 cm³/mol. The van der Waals surface area contributed by atoms with E-state index < -0.39 is 0 Å². The molecule has 8 heteroatoms. The van der Waals surface area contributed by atoms with Gasteiger partial charge in [-0.2, -0.15) is 0 Å². The van der Waals surface area contributed by atoms with E-state index >= 15 is 0 Å². The van der Waals surface area contributed by atoms with Crippen molar-refractivity contribution in [2.45, 2.75) is 0 Å². The first-order valence-electron chi connectivity index (χ1n) is 7.24. The second-order valence-corrected chi connectivity index (χ2v) is 6.42. The highest BCUT2D eigenvalue weighted by Gasteiger charge is 2.19. The number of nitrogens with one attached hydrogen (secondary N) is 2. The molecule has 0 aliphatic carbocycles. The van der Waals surface area contributed by atoms with Crippen LogP contribution in [0, 0.1) is 5.92 Å². The van der Waals surface area contributed by atoms with Crippen molar-refractivity contribution in [2.75, 3.05) is 19.6 Å². The van der Waals surface area contributed by atoms with Crippen molar-refractivity contribution in [3.8, 4) is 10.8 Å². The number of aromatic nitrogens is 1. The molecule has 1 amide bonds. The fourth-order valence-corrected chi connectivity index (χ4v) is 3.30. The number of hydrogen-bond acceptors (Lipinski definition) is 5. The van der Waals surface area contributed by atoms with Gasteiger partial charge in [0, 0.05) is 25.6 Å². The molecule has 0 spiro atoms. The highest BCUT2D eigenvalue weighted by molar-refractivity contribution is 7.21. The Hall–Kier alpha value is -1.60. The molecule has 1 aliphatic rings. The monoisotopic (exact) mass is 385 g/mol. The minimum absolute atomic E-state index is 0. The van der Waals surface area contributed by atoms with Gasteiger partial charge in [-0.25, -0.2) is 4.98 Å². The van der Waals surface area contributed by atoms with Crippen LogP contribution in [0.3, 0.4) is 0 Å². The van der Waals surface area contributed by atoms with Crippen molar-refractivity contribution in [3.05, 3.63) is 42.2 Å². The van der Waals surface area contributed by atoms with E-state index in [0.717, 1.165) is 28.3 Å². The third-order valence-electron chi connectivity index (χ3n) is 3.75. The lowest BCUT2D eigenvalue weighted by atomic mass is 10.0. The molecule has 4 rings (SSSR count). The predicted octanol–water partition coefficient (Wildman–Crippen LogP) is 3.35. The number of carbonyl (C=O) groups excluding carboxylic acids is 1. The first kappa shape index (κ1) is 18.7. The molecule has 0 saturated carbocycles. The van der Waals surface area contributed by atoms with Gasteiger partial charge in [0.15, 0.2) is 16.5 Å². The van der Waals surface area contributed by atoms with E-state index in [9.17, 15) is 4.79 Å². The van der Waals surface area contributed by atoms with Gasteiger partial charge in [0.1, 0.15) is 0 Å². The summed E-state index contributed by atoms with van der Waals surface area (Å²) in [5, 5.41) is 6.88. The van der Waals surface area contributed by atoms with Crippen LogP contribution < -0.4 is 10.6 Å². The van der Waals surface area contributed by atoms with Crippen LogP contribution in [0.4, 0.5) is 0 Å². The van der Waals surface area contributed by atoms with E-state index in [1.54, 1.807) is 23.5 Å². The first-order chi connectivity index (χ1) is 10.8. The number of nitrogens with zero attached hydrogens (tertiary/aromatic N) is 1. The normalized spacial score (nSPS) is 13.7. The second kappa shape index (κ2) is 7.98. The average Bonchev–Trinajstić information content (AvgIpc) is 3.12. The number of amides is 1. The highest BCUT2D eigenvalue weighted by Crippen LogP contribution is 2.31. The van der Waals surface area contributed by atoms with Gasteiger partial charge in [0.05, 0.1) is 10.2 Å². The number of halogens is 2. The SMILES string of the molecule is Cl.Cl.O=C(NCC1CNC1)c1ccc(-c2nc3ccccc3s2)o1. The van der Waals surface area contributed by atoms with E-state index in [4.69, 9.17) is 4.42 Å². The van der Waals surface area contributed by atoms with E-state index in [1.807, 2.05) is 24.3 Å². The van der Waals surface area contributed by atoms with Gasteiger partial charge in [-0.05, 0) is 24.3 Å². The Bertz CT molecular complexity index is 796. The third-order valence-corrected chi connectivity index (χ3v) is 4.80. The lowest BCUT2D eigenvalue weighted by Crippen LogP contribution is -2.48. The quantitative estimate of drug-likeness (QED) is 0.722. The van der Waals surface area contributed by atoms with Gasteiger partial charge in [-0.3, -0.25) is 4.79 Å². The molecule has 1 aliphatic heterocycles. The Morgan fingerprint density at radius 1 is 1.25 bits per heavy atom. The molecule has 2 N–H and O–H groups in total. The summed E-state index contributed by atoms with van der Waals surface area (Å²) in [6.45, 7) is 2.62. The molecule has 2 aromatic heterocycles. The van der Waals surface area contributed by atoms with E-state index in [1.165, 1.54) is 0 Å². The zero-order chi connectivity index (χ0) is 14.9. The van der Waals surface area contributed by atoms with Gasteiger partial charge in [0.25, 0.3) is 5.91 Å². The maximum Gasteiger partial charge on any atom is 0.287 e. The van der Waals surface area contributed by atoms with Crippen molar-refractivity contribution in [1.82, 2.24) is 15.6 Å². The Labute approximate surface area is 155 Å². The molecular weight excluding hydrogens is 369 g/mol. The topological polar surface area (TPSA) is 67.2 Å². The molecule has 1 fully saturated rings. The van der Waals surface area contributed by atoms with Crippen molar-refractivity contribution in [1.29, 1.82) is 0 Å². The van der Waals surface area contributed by atoms with Crippen molar-refractivity contribution in [2.24, 2.45) is 5.92 Å². The van der Waals surface area contributed by atoms with Crippen LogP contribution in [0.2, 0.25) is 0 Å². The summed E-state index contributed by atoms with van der Waals surface area (Å²) in [5.74, 6) is 1.33. The fourth-order valence-electron chi connectivity index (χ4n) is 2.37. The lowest BCUT2D eigenvalue weighted by molar-refractivity contribution is 0.0915. The summed E-state index contributed by atoms with van der Waals surface area (Å²) in [7, 11) is 0. The zero-order valence-corrected chi connectivity index (χ0v) is 15.1. The molecule has 3 heterocycles. The molecule has 5 nitrogen and oxygen atoms in total. The number of fused-ring (bicyclic) bond motifs is 1. The molecule has 3 aromatic rings. The van der Waals surface area contributed by atoms with Crippen LogP contribution in [0.5, 0.6) is 0 Å². The molecule has 0 bridgehead atoms. The van der Waals surface area contributed by atoms with Gasteiger partial charge in [-0.15, -0.1) is 36.2 Å². The fraction of sp³-hybridized carbons (Fsp3) is 0.250. The molecule has 1 aromatic carbocycles. The third kappa shape index (κ3) is 3.72. The Morgan fingerprint density at radius 3 is 2.75 bits per heavy atom. The average molecular weight is 386 g/mol. The van der Waals surface area contributed by atoms with Gasteiger partial charge >= 0.3 is 0 Å². The summed E-state index contributed by atoms with van der Waals surface area (Å²) >= 11 is 1.56. The Morgan fingerprint density at radius 2 is 2.04 bits per heavy atom. The summed E-state index contributed by atoms with van der Waals surface area (Å²) in [4.78, 5) is 16.6. The number of para-hydroxylation sites is 1. The van der Waals surface area contributed by atoms with Gasteiger partial charge in [0.2, 0.25) is 0 Å². The van der Waals surface area contributed by atoms with E-state index in [2.05, 4.69) is 15.6 Å². The van der Waals surface area contributed by atoms with Crippen LogP contribution in [0.1, 0.15) is 10.6 Å². The van der Waals surface area contributed by atoms with Gasteiger partial charge < -0.3 is 15.1 Å². The number of benzene rings is 1. The summed E-state index contributed by atoms with van der Waals surface area (Å²) in [6.07, 6.45) is 0. The van der Waals surface area contributed by atoms with Crippen LogP contribution in [-0.2, 0) is 0 Å². The number of rotatable bonds is 4. The van der Waals surface area contributed by atoms with Crippen LogP contribution in [-0.4, -0.2) is 30.5 Å². The maximum absolute atomic E-state index is 12.1. The molecule has 0 unspecified atom stereocenters. The number of thiazole rings is 1. The summed E-state index contributed by atoms with van der Waals surface area (Å²) < 4.78 is 6.77. The minimum Gasteiger partial charge on any atom is -0.448 e. The number of hydrogen-bond donors (Lipinski definition) is 2. The van der Waals surface area contributed by atoms with Gasteiger partial charge in [-0.1, -0.05) is 12.1 Å². The first-order valence-corrected chi connectivity index (χ1v) is 8.06. The summed E-state index contributed by atoms with van der Waals surface area (Å²) in [5.41, 5.74) is 0.947. The van der Waals surface area contributed by atoms with Crippen molar-refractivity contribution >= 4 is 52.3 Å². The number of carbonyl (C=O) groups is 1. The highest BCUT2D eigenvalue weighted by atomic mass is 35.5. The number of furan rings is 1. The largest absolute Gasteiger partial charge is 0.448 e. The molecular formula is C16H17Cl2N3O2S. The molecule has 1 saturated heterocycles. The molecule has 128 valence electrons. The van der Waals surface area contributed by atoms with Crippen molar-refractivity contribution in [3.63, 3.8) is 0 Å². The Kier molecular flexibility index (Phi) is 6.23. The van der Waals surface area contributed by atoms with Crippen molar-refractivity contribution < 1.29 is 9.21 Å². The van der Waals surface area contributed by atoms with Crippen LogP contribution in [0.15, 0.2) is 40.8 Å². The minimum atomic E-state index is -0.167. The lowest BCUT2D eigenvalue weighted by Gasteiger charge is -2.26. The molecule has 0 radical (unpaired) electrons. The smallest absolute Gasteiger partial charge is 0.287 e. The Balaban J connectivity index is 0.00000104. The molecule has 24 heavy (non-hydrogen) atoms.